The molecule has 0 radical (unpaired) electrons. The van der Waals surface area contributed by atoms with Gasteiger partial charge in [0.25, 0.3) is 0 Å². The molecule has 1 aromatic rings. The number of hydrogen-bond donors (Lipinski definition) is 1. The lowest BCUT2D eigenvalue weighted by atomic mass is 10.0. The van der Waals surface area contributed by atoms with Gasteiger partial charge in [-0.2, -0.15) is 0 Å². The summed E-state index contributed by atoms with van der Waals surface area (Å²) in [5, 5.41) is 3.03. The lowest BCUT2D eigenvalue weighted by Crippen LogP contribution is -2.40. The molecule has 0 aliphatic carbocycles. The van der Waals surface area contributed by atoms with Gasteiger partial charge in [0.05, 0.1) is 6.04 Å². The van der Waals surface area contributed by atoms with Gasteiger partial charge >= 0.3 is 6.03 Å². The van der Waals surface area contributed by atoms with Gasteiger partial charge in [-0.15, -0.1) is 0 Å². The van der Waals surface area contributed by atoms with Crippen molar-refractivity contribution < 1.29 is 4.79 Å². The van der Waals surface area contributed by atoms with Gasteiger partial charge in [0.15, 0.2) is 0 Å². The van der Waals surface area contributed by atoms with Crippen LogP contribution in [0, 0.1) is 12.8 Å². The molecule has 1 N–H and O–H groups in total. The Labute approximate surface area is 116 Å². The normalized spacial score (nSPS) is 18.9. The number of amides is 2. The predicted octanol–water partition coefficient (Wildman–Crippen LogP) is 3.50. The number of rotatable bonds is 3. The van der Waals surface area contributed by atoms with E-state index in [9.17, 15) is 4.79 Å². The Balaban J connectivity index is 2.06. The summed E-state index contributed by atoms with van der Waals surface area (Å²) >= 11 is 0. The third-order valence-corrected chi connectivity index (χ3v) is 3.60. The van der Waals surface area contributed by atoms with Crippen molar-refractivity contribution >= 4 is 6.03 Å². The van der Waals surface area contributed by atoms with Crippen LogP contribution in [0.2, 0.25) is 0 Å². The van der Waals surface area contributed by atoms with Gasteiger partial charge in [0.2, 0.25) is 0 Å². The van der Waals surface area contributed by atoms with Crippen LogP contribution in [0.4, 0.5) is 4.79 Å². The second-order valence-corrected chi connectivity index (χ2v) is 5.85. The van der Waals surface area contributed by atoms with Crippen LogP contribution < -0.4 is 5.32 Å². The van der Waals surface area contributed by atoms with Crippen molar-refractivity contribution in [2.24, 2.45) is 5.92 Å². The van der Waals surface area contributed by atoms with Gasteiger partial charge in [-0.3, -0.25) is 0 Å². The summed E-state index contributed by atoms with van der Waals surface area (Å²) in [6, 6.07) is 8.82. The number of hydrogen-bond acceptors (Lipinski definition) is 1. The molecule has 3 heteroatoms. The predicted molar refractivity (Wildman–Crippen MR) is 78.1 cm³/mol. The van der Waals surface area contributed by atoms with Crippen molar-refractivity contribution in [2.45, 2.75) is 39.7 Å². The number of likely N-dealkylation sites (tertiary alicyclic amines) is 1. The van der Waals surface area contributed by atoms with E-state index in [-0.39, 0.29) is 12.1 Å². The van der Waals surface area contributed by atoms with Crippen molar-refractivity contribution in [1.82, 2.24) is 10.2 Å². The highest BCUT2D eigenvalue weighted by molar-refractivity contribution is 5.75. The van der Waals surface area contributed by atoms with E-state index in [1.54, 1.807) is 0 Å². The van der Waals surface area contributed by atoms with E-state index in [0.717, 1.165) is 25.9 Å². The molecule has 104 valence electrons. The molecule has 1 atom stereocenters. The van der Waals surface area contributed by atoms with Crippen molar-refractivity contribution in [1.29, 1.82) is 0 Å². The van der Waals surface area contributed by atoms with Gasteiger partial charge in [0.1, 0.15) is 0 Å². The van der Waals surface area contributed by atoms with E-state index in [2.05, 4.69) is 50.4 Å². The van der Waals surface area contributed by atoms with E-state index in [0.29, 0.717) is 5.92 Å². The topological polar surface area (TPSA) is 32.3 Å². The van der Waals surface area contributed by atoms with Crippen LogP contribution in [0.1, 0.15) is 43.9 Å². The number of benzene rings is 1. The van der Waals surface area contributed by atoms with Gasteiger partial charge in [0, 0.05) is 13.1 Å². The highest BCUT2D eigenvalue weighted by atomic mass is 16.2. The standard InChI is InChI=1S/C16H24N2O/c1-12(2)11-17-16(19)18-9-5-8-15(18)14-7-4-6-13(3)10-14/h4,6-7,10,12,15H,5,8-9,11H2,1-3H3,(H,17,19)/t15-/m0/s1. The fraction of sp³-hybridized carbons (Fsp3) is 0.562. The maximum atomic E-state index is 12.2. The minimum atomic E-state index is 0.0812. The van der Waals surface area contributed by atoms with Crippen molar-refractivity contribution in [3.05, 3.63) is 35.4 Å². The monoisotopic (exact) mass is 260 g/mol. The Morgan fingerprint density at radius 2 is 2.26 bits per heavy atom. The Bertz CT molecular complexity index is 442. The maximum absolute atomic E-state index is 12.2. The Hall–Kier alpha value is -1.51. The number of nitrogens with one attached hydrogen (secondary N) is 1. The molecule has 1 heterocycles. The second-order valence-electron chi connectivity index (χ2n) is 5.85. The zero-order chi connectivity index (χ0) is 13.8. The van der Waals surface area contributed by atoms with Crippen LogP contribution >= 0.6 is 0 Å². The van der Waals surface area contributed by atoms with Crippen LogP contribution in [-0.4, -0.2) is 24.0 Å². The molecule has 19 heavy (non-hydrogen) atoms. The second kappa shape index (κ2) is 6.09. The molecule has 0 bridgehead atoms. The quantitative estimate of drug-likeness (QED) is 0.886. The van der Waals surface area contributed by atoms with Crippen molar-refractivity contribution in [3.63, 3.8) is 0 Å². The number of nitrogens with zero attached hydrogens (tertiary/aromatic N) is 1. The lowest BCUT2D eigenvalue weighted by Gasteiger charge is -2.26. The lowest BCUT2D eigenvalue weighted by molar-refractivity contribution is 0.191. The van der Waals surface area contributed by atoms with E-state index in [4.69, 9.17) is 0 Å². The number of carbonyl (C=O) groups excluding carboxylic acids is 1. The zero-order valence-electron chi connectivity index (χ0n) is 12.1. The fourth-order valence-electron chi connectivity index (χ4n) is 2.63. The van der Waals surface area contributed by atoms with Gasteiger partial charge in [-0.05, 0) is 31.2 Å². The summed E-state index contributed by atoms with van der Waals surface area (Å²) in [4.78, 5) is 14.2. The van der Waals surface area contributed by atoms with Crippen LogP contribution in [-0.2, 0) is 0 Å². The van der Waals surface area contributed by atoms with E-state index in [1.165, 1.54) is 11.1 Å². The fourth-order valence-corrected chi connectivity index (χ4v) is 2.63. The average Bonchev–Trinajstić information content (AvgIpc) is 2.85. The first kappa shape index (κ1) is 13.9. The Kier molecular flexibility index (Phi) is 4.46. The molecule has 0 aromatic heterocycles. The summed E-state index contributed by atoms with van der Waals surface area (Å²) in [5.41, 5.74) is 2.52. The molecule has 0 spiro atoms. The molecule has 2 amide bonds. The number of carbonyl (C=O) groups is 1. The van der Waals surface area contributed by atoms with Crippen molar-refractivity contribution in [2.75, 3.05) is 13.1 Å². The van der Waals surface area contributed by atoms with E-state index in [1.807, 2.05) is 4.90 Å². The molecular weight excluding hydrogens is 236 g/mol. The molecule has 1 aliphatic rings. The molecule has 1 aliphatic heterocycles. The summed E-state index contributed by atoms with van der Waals surface area (Å²) in [6.07, 6.45) is 2.16. The number of aryl methyl sites for hydroxylation is 1. The minimum absolute atomic E-state index is 0.0812. The molecule has 1 saturated heterocycles. The first-order valence-corrected chi connectivity index (χ1v) is 7.19. The van der Waals surface area contributed by atoms with Gasteiger partial charge < -0.3 is 10.2 Å². The molecule has 0 unspecified atom stereocenters. The molecule has 3 nitrogen and oxygen atoms in total. The van der Waals surface area contributed by atoms with Crippen LogP contribution in [0.25, 0.3) is 0 Å². The minimum Gasteiger partial charge on any atom is -0.338 e. The molecule has 0 saturated carbocycles. The molecular formula is C16H24N2O. The van der Waals surface area contributed by atoms with Crippen LogP contribution in [0.3, 0.4) is 0 Å². The summed E-state index contributed by atoms with van der Waals surface area (Å²) in [6.45, 7) is 7.94. The first-order chi connectivity index (χ1) is 9.08. The third kappa shape index (κ3) is 3.49. The van der Waals surface area contributed by atoms with E-state index < -0.39 is 0 Å². The Morgan fingerprint density at radius 1 is 1.47 bits per heavy atom. The van der Waals surface area contributed by atoms with E-state index >= 15 is 0 Å². The van der Waals surface area contributed by atoms with Crippen molar-refractivity contribution in [3.8, 4) is 0 Å². The molecule has 2 rings (SSSR count). The summed E-state index contributed by atoms with van der Waals surface area (Å²) in [5.74, 6) is 0.490. The van der Waals surface area contributed by atoms with Crippen LogP contribution in [0.5, 0.6) is 0 Å². The number of urea groups is 1. The maximum Gasteiger partial charge on any atom is 0.317 e. The summed E-state index contributed by atoms with van der Waals surface area (Å²) < 4.78 is 0. The SMILES string of the molecule is Cc1cccc([C@@H]2CCCN2C(=O)NCC(C)C)c1. The first-order valence-electron chi connectivity index (χ1n) is 7.19. The Morgan fingerprint density at radius 3 is 2.95 bits per heavy atom. The van der Waals surface area contributed by atoms with Crippen LogP contribution in [0.15, 0.2) is 24.3 Å². The third-order valence-electron chi connectivity index (χ3n) is 3.60. The summed E-state index contributed by atoms with van der Waals surface area (Å²) in [7, 11) is 0. The highest BCUT2D eigenvalue weighted by Gasteiger charge is 2.29. The zero-order valence-corrected chi connectivity index (χ0v) is 12.1. The van der Waals surface area contributed by atoms with Gasteiger partial charge in [-0.1, -0.05) is 43.7 Å². The molecule has 1 fully saturated rings. The van der Waals surface area contributed by atoms with Gasteiger partial charge in [-0.25, -0.2) is 4.79 Å². The average molecular weight is 260 g/mol. The largest absolute Gasteiger partial charge is 0.338 e. The molecule has 1 aromatic carbocycles. The highest BCUT2D eigenvalue weighted by Crippen LogP contribution is 2.32. The smallest absolute Gasteiger partial charge is 0.317 e.